The number of rotatable bonds is 4. The highest BCUT2D eigenvalue weighted by atomic mass is 16.4. The minimum absolute atomic E-state index is 0.0174. The molecule has 4 rings (SSSR count). The molecule has 1 heterocycles. The highest BCUT2D eigenvalue weighted by molar-refractivity contribution is 5.94. The molecule has 146 valence electrons. The average Bonchev–Trinajstić information content (AvgIpc) is 3.42. The first kappa shape index (κ1) is 18.9. The van der Waals surface area contributed by atoms with E-state index in [1.165, 1.54) is 0 Å². The second kappa shape index (κ2) is 7.88. The van der Waals surface area contributed by atoms with Crippen molar-refractivity contribution in [1.82, 2.24) is 15.1 Å². The van der Waals surface area contributed by atoms with Crippen molar-refractivity contribution in [3.63, 3.8) is 0 Å². The van der Waals surface area contributed by atoms with Gasteiger partial charge in [-0.15, -0.1) is 10.2 Å². The number of aryl methyl sites for hydroxylation is 1. The van der Waals surface area contributed by atoms with Gasteiger partial charge in [-0.05, 0) is 54.7 Å². The predicted molar refractivity (Wildman–Crippen MR) is 108 cm³/mol. The van der Waals surface area contributed by atoms with Crippen LogP contribution in [0.5, 0.6) is 0 Å². The van der Waals surface area contributed by atoms with E-state index in [1.54, 1.807) is 19.1 Å². The van der Waals surface area contributed by atoms with Crippen LogP contribution in [0.25, 0.3) is 11.1 Å². The Morgan fingerprint density at radius 3 is 2.31 bits per heavy atom. The Morgan fingerprint density at radius 1 is 1.07 bits per heavy atom. The molecule has 1 aromatic heterocycles. The predicted octanol–water partition coefficient (Wildman–Crippen LogP) is 4.33. The van der Waals surface area contributed by atoms with E-state index in [-0.39, 0.29) is 17.9 Å². The molecule has 2 aromatic carbocycles. The summed E-state index contributed by atoms with van der Waals surface area (Å²) in [5.74, 6) is 1.49. The fourth-order valence-corrected chi connectivity index (χ4v) is 3.92. The fraction of sp³-hybridized carbons (Fsp3) is 0.304. The number of carbonyl (C=O) groups is 1. The van der Waals surface area contributed by atoms with Gasteiger partial charge in [0.1, 0.15) is 0 Å². The van der Waals surface area contributed by atoms with Crippen molar-refractivity contribution in [3.05, 3.63) is 71.4 Å². The third-order valence-electron chi connectivity index (χ3n) is 5.64. The summed E-state index contributed by atoms with van der Waals surface area (Å²) < 4.78 is 5.57. The van der Waals surface area contributed by atoms with Crippen LogP contribution in [0.3, 0.4) is 0 Å². The van der Waals surface area contributed by atoms with E-state index >= 15 is 0 Å². The van der Waals surface area contributed by atoms with Crippen LogP contribution in [0.2, 0.25) is 0 Å². The molecule has 1 aliphatic carbocycles. The van der Waals surface area contributed by atoms with Crippen molar-refractivity contribution in [2.75, 3.05) is 7.05 Å². The highest BCUT2D eigenvalue weighted by Crippen LogP contribution is 2.36. The van der Waals surface area contributed by atoms with Crippen LogP contribution >= 0.6 is 0 Å². The van der Waals surface area contributed by atoms with E-state index in [2.05, 4.69) is 16.3 Å². The normalized spacial score (nSPS) is 18.4. The molecule has 0 radical (unpaired) electrons. The van der Waals surface area contributed by atoms with Gasteiger partial charge in [0, 0.05) is 31.5 Å². The average molecular weight is 386 g/mol. The molecule has 1 amide bonds. The summed E-state index contributed by atoms with van der Waals surface area (Å²) >= 11 is 0. The Morgan fingerprint density at radius 2 is 1.72 bits per heavy atom. The summed E-state index contributed by atoms with van der Waals surface area (Å²) in [5.41, 5.74) is 3.33. The molecule has 0 spiro atoms. The Labute approximate surface area is 169 Å². The number of carbonyl (C=O) groups excluding carboxylic acids is 1. The number of nitrogens with zero attached hydrogens (tertiary/aromatic N) is 4. The van der Waals surface area contributed by atoms with Crippen molar-refractivity contribution >= 4 is 5.91 Å². The van der Waals surface area contributed by atoms with E-state index in [0.29, 0.717) is 22.9 Å². The van der Waals surface area contributed by atoms with Crippen LogP contribution in [-0.2, 0) is 0 Å². The Kier molecular flexibility index (Phi) is 5.13. The van der Waals surface area contributed by atoms with Crippen LogP contribution in [-0.4, -0.2) is 34.1 Å². The molecule has 3 aromatic rings. The first-order valence-corrected chi connectivity index (χ1v) is 9.73. The maximum absolute atomic E-state index is 12.9. The van der Waals surface area contributed by atoms with Crippen molar-refractivity contribution in [1.29, 1.82) is 5.26 Å². The topological polar surface area (TPSA) is 83.0 Å². The smallest absolute Gasteiger partial charge is 0.253 e. The van der Waals surface area contributed by atoms with Gasteiger partial charge in [-0.1, -0.05) is 24.3 Å². The molecule has 0 bridgehead atoms. The van der Waals surface area contributed by atoms with E-state index in [4.69, 9.17) is 9.68 Å². The number of amides is 1. The van der Waals surface area contributed by atoms with Gasteiger partial charge in [-0.3, -0.25) is 4.79 Å². The minimum Gasteiger partial charge on any atom is -0.425 e. The van der Waals surface area contributed by atoms with Crippen molar-refractivity contribution < 1.29 is 9.21 Å². The Balaban J connectivity index is 1.43. The zero-order valence-electron chi connectivity index (χ0n) is 16.5. The lowest BCUT2D eigenvalue weighted by molar-refractivity contribution is 0.0733. The summed E-state index contributed by atoms with van der Waals surface area (Å²) in [7, 11) is 1.86. The molecule has 1 aliphatic rings. The molecule has 2 atom stereocenters. The minimum atomic E-state index is 0.0174. The number of hydrogen-bond donors (Lipinski definition) is 0. The molecule has 0 unspecified atom stereocenters. The molecule has 1 saturated carbocycles. The lowest BCUT2D eigenvalue weighted by Crippen LogP contribution is -2.35. The van der Waals surface area contributed by atoms with Gasteiger partial charge < -0.3 is 9.32 Å². The van der Waals surface area contributed by atoms with E-state index in [9.17, 15) is 4.79 Å². The van der Waals surface area contributed by atoms with Gasteiger partial charge >= 0.3 is 0 Å². The summed E-state index contributed by atoms with van der Waals surface area (Å²) in [6.45, 7) is 1.79. The molecule has 6 heteroatoms. The van der Waals surface area contributed by atoms with Gasteiger partial charge in [0.05, 0.1) is 11.6 Å². The van der Waals surface area contributed by atoms with Crippen molar-refractivity contribution in [2.45, 2.75) is 38.1 Å². The summed E-state index contributed by atoms with van der Waals surface area (Å²) in [5, 5.41) is 17.0. The standard InChI is InChI=1S/C23H22N4O2/c1-15-25-26-22(29-15)20-11-12-21(13-20)27(2)23(28)19-9-7-18(8-10-19)17-5-3-16(14-24)4-6-17/h3-10,20-21H,11-13H2,1-2H3/t20-,21+/m0/s1. The molecule has 0 N–H and O–H groups in total. The van der Waals surface area contributed by atoms with Gasteiger partial charge in [0.2, 0.25) is 11.8 Å². The number of aromatic nitrogens is 2. The van der Waals surface area contributed by atoms with E-state index < -0.39 is 0 Å². The molecule has 0 aliphatic heterocycles. The monoisotopic (exact) mass is 386 g/mol. The van der Waals surface area contributed by atoms with Gasteiger partial charge in [-0.25, -0.2) is 0 Å². The van der Waals surface area contributed by atoms with Crippen molar-refractivity contribution in [3.8, 4) is 17.2 Å². The third kappa shape index (κ3) is 3.90. The maximum Gasteiger partial charge on any atom is 0.253 e. The lowest BCUT2D eigenvalue weighted by Gasteiger charge is -2.24. The highest BCUT2D eigenvalue weighted by Gasteiger charge is 2.33. The number of nitriles is 1. The third-order valence-corrected chi connectivity index (χ3v) is 5.64. The summed E-state index contributed by atoms with van der Waals surface area (Å²) in [4.78, 5) is 14.8. The Hall–Kier alpha value is -3.46. The zero-order valence-corrected chi connectivity index (χ0v) is 16.5. The molecule has 0 saturated heterocycles. The van der Waals surface area contributed by atoms with Crippen LogP contribution < -0.4 is 0 Å². The summed E-state index contributed by atoms with van der Waals surface area (Å²) in [6.07, 6.45) is 2.71. The van der Waals surface area contributed by atoms with Gasteiger partial charge in [-0.2, -0.15) is 5.26 Å². The molecular formula is C23H22N4O2. The molecule has 1 fully saturated rings. The zero-order chi connectivity index (χ0) is 20.4. The van der Waals surface area contributed by atoms with Gasteiger partial charge in [0.15, 0.2) is 0 Å². The van der Waals surface area contributed by atoms with Crippen molar-refractivity contribution in [2.24, 2.45) is 0 Å². The van der Waals surface area contributed by atoms with Crippen LogP contribution in [0.1, 0.15) is 52.9 Å². The SMILES string of the molecule is Cc1nnc([C@H]2CC[C@@H](N(C)C(=O)c3ccc(-c4ccc(C#N)cc4)cc3)C2)o1. The first-order chi connectivity index (χ1) is 14.0. The van der Waals surface area contributed by atoms with E-state index in [1.807, 2.05) is 48.3 Å². The molecular weight excluding hydrogens is 364 g/mol. The maximum atomic E-state index is 12.9. The molecule has 29 heavy (non-hydrogen) atoms. The lowest BCUT2D eigenvalue weighted by atomic mass is 10.0. The quantitative estimate of drug-likeness (QED) is 0.667. The summed E-state index contributed by atoms with van der Waals surface area (Å²) in [6, 6.07) is 17.3. The van der Waals surface area contributed by atoms with E-state index in [0.717, 1.165) is 30.4 Å². The Bertz CT molecular complexity index is 1050. The second-order valence-corrected chi connectivity index (χ2v) is 7.51. The number of benzene rings is 2. The van der Waals surface area contributed by atoms with Crippen LogP contribution in [0, 0.1) is 18.3 Å². The first-order valence-electron chi connectivity index (χ1n) is 9.73. The van der Waals surface area contributed by atoms with Crippen LogP contribution in [0.4, 0.5) is 0 Å². The molecule has 6 nitrogen and oxygen atoms in total. The number of hydrogen-bond acceptors (Lipinski definition) is 5. The largest absolute Gasteiger partial charge is 0.425 e. The van der Waals surface area contributed by atoms with Gasteiger partial charge in [0.25, 0.3) is 5.91 Å². The van der Waals surface area contributed by atoms with Crippen LogP contribution in [0.15, 0.2) is 52.9 Å². The second-order valence-electron chi connectivity index (χ2n) is 7.51. The fourth-order valence-electron chi connectivity index (χ4n) is 3.92.